The summed E-state index contributed by atoms with van der Waals surface area (Å²) < 4.78 is 52.9. The highest BCUT2D eigenvalue weighted by molar-refractivity contribution is 7.92. The van der Waals surface area contributed by atoms with Crippen molar-refractivity contribution in [1.29, 1.82) is 0 Å². The molecular weight excluding hydrogens is 515 g/mol. The van der Waals surface area contributed by atoms with Crippen molar-refractivity contribution < 1.29 is 22.3 Å². The standard InChI is InChI=1S/C26H27FN4O4S2/c27-20-3-8-23(9-4-20)37(32,33)30-21-5-1-19(2-6-21)18-28-26-29-24-10-7-22(17-25(24)36-26)35-16-13-31-11-14-34-15-12-31/h1-10,17,30H,11-16,18H2,(H,28,29). The van der Waals surface area contributed by atoms with E-state index in [2.05, 4.69) is 19.9 Å². The van der Waals surface area contributed by atoms with E-state index >= 15 is 0 Å². The fraction of sp³-hybridized carbons (Fsp3) is 0.269. The molecule has 1 aromatic heterocycles. The van der Waals surface area contributed by atoms with Gasteiger partial charge in [-0.1, -0.05) is 23.5 Å². The molecule has 1 fully saturated rings. The van der Waals surface area contributed by atoms with Gasteiger partial charge in [-0.15, -0.1) is 0 Å². The minimum atomic E-state index is -3.79. The van der Waals surface area contributed by atoms with Gasteiger partial charge >= 0.3 is 0 Å². The predicted molar refractivity (Wildman–Crippen MR) is 143 cm³/mol. The van der Waals surface area contributed by atoms with Crippen LogP contribution >= 0.6 is 11.3 Å². The highest BCUT2D eigenvalue weighted by Gasteiger charge is 2.14. The van der Waals surface area contributed by atoms with Crippen molar-refractivity contribution in [1.82, 2.24) is 9.88 Å². The molecule has 0 amide bonds. The Kier molecular flexibility index (Phi) is 7.85. The molecule has 2 N–H and O–H groups in total. The summed E-state index contributed by atoms with van der Waals surface area (Å²) in [5.41, 5.74) is 2.30. The zero-order chi connectivity index (χ0) is 25.7. The molecule has 194 valence electrons. The van der Waals surface area contributed by atoms with Gasteiger partial charge in [-0.2, -0.15) is 0 Å². The van der Waals surface area contributed by atoms with E-state index in [1.807, 2.05) is 30.3 Å². The molecule has 2 heterocycles. The minimum Gasteiger partial charge on any atom is -0.492 e. The molecule has 0 radical (unpaired) electrons. The highest BCUT2D eigenvalue weighted by Crippen LogP contribution is 2.29. The maximum atomic E-state index is 13.1. The number of halogens is 1. The van der Waals surface area contributed by atoms with E-state index in [1.165, 1.54) is 12.1 Å². The Bertz CT molecular complexity index is 1440. The summed E-state index contributed by atoms with van der Waals surface area (Å²) in [7, 11) is -3.79. The Morgan fingerprint density at radius 3 is 2.54 bits per heavy atom. The van der Waals surface area contributed by atoms with Gasteiger partial charge in [0.15, 0.2) is 5.13 Å². The van der Waals surface area contributed by atoms with Crippen LogP contribution in [0.5, 0.6) is 5.75 Å². The van der Waals surface area contributed by atoms with E-state index < -0.39 is 15.8 Å². The average Bonchev–Trinajstić information content (AvgIpc) is 3.31. The van der Waals surface area contributed by atoms with Crippen molar-refractivity contribution in [2.75, 3.05) is 49.5 Å². The van der Waals surface area contributed by atoms with Crippen molar-refractivity contribution in [2.24, 2.45) is 0 Å². The third kappa shape index (κ3) is 6.75. The summed E-state index contributed by atoms with van der Waals surface area (Å²) in [5, 5.41) is 4.12. The van der Waals surface area contributed by atoms with Crippen LogP contribution < -0.4 is 14.8 Å². The van der Waals surface area contributed by atoms with Crippen molar-refractivity contribution in [3.8, 4) is 5.75 Å². The van der Waals surface area contributed by atoms with Gasteiger partial charge in [0.05, 0.1) is 28.3 Å². The Labute approximate surface area is 219 Å². The third-order valence-corrected chi connectivity index (χ3v) is 8.29. The maximum Gasteiger partial charge on any atom is 0.261 e. The van der Waals surface area contributed by atoms with Gasteiger partial charge in [0.2, 0.25) is 0 Å². The van der Waals surface area contributed by atoms with E-state index in [-0.39, 0.29) is 4.90 Å². The van der Waals surface area contributed by atoms with Crippen LogP contribution in [0.15, 0.2) is 71.6 Å². The first kappa shape index (κ1) is 25.4. The highest BCUT2D eigenvalue weighted by atomic mass is 32.2. The van der Waals surface area contributed by atoms with Crippen LogP contribution in [0.4, 0.5) is 15.2 Å². The SMILES string of the molecule is O=S(=O)(Nc1ccc(CNc2nc3ccc(OCCN4CCOCC4)cc3s2)cc1)c1ccc(F)cc1. The van der Waals surface area contributed by atoms with Crippen LogP contribution in [0, 0.1) is 5.82 Å². The number of rotatable bonds is 10. The minimum absolute atomic E-state index is 0.00105. The topological polar surface area (TPSA) is 92.8 Å². The molecule has 4 aromatic rings. The van der Waals surface area contributed by atoms with E-state index in [1.54, 1.807) is 23.5 Å². The van der Waals surface area contributed by atoms with Crippen molar-refractivity contribution in [2.45, 2.75) is 11.4 Å². The molecule has 1 aliphatic rings. The summed E-state index contributed by atoms with van der Waals surface area (Å²) in [4.78, 5) is 6.98. The lowest BCUT2D eigenvalue weighted by molar-refractivity contribution is 0.0322. The van der Waals surface area contributed by atoms with E-state index in [0.717, 1.165) is 71.6 Å². The van der Waals surface area contributed by atoms with E-state index in [9.17, 15) is 12.8 Å². The molecule has 11 heteroatoms. The first-order valence-corrected chi connectivity index (χ1v) is 14.2. The summed E-state index contributed by atoms with van der Waals surface area (Å²) >= 11 is 1.55. The molecule has 37 heavy (non-hydrogen) atoms. The number of anilines is 2. The number of aromatic nitrogens is 1. The van der Waals surface area contributed by atoms with Crippen LogP contribution in [0.3, 0.4) is 0 Å². The Morgan fingerprint density at radius 1 is 1.03 bits per heavy atom. The molecule has 0 atom stereocenters. The molecule has 0 saturated carbocycles. The molecule has 0 bridgehead atoms. The predicted octanol–water partition coefficient (Wildman–Crippen LogP) is 4.56. The van der Waals surface area contributed by atoms with Crippen LogP contribution in [0.25, 0.3) is 10.2 Å². The first-order chi connectivity index (χ1) is 17.9. The number of morpholine rings is 1. The molecule has 1 aliphatic heterocycles. The summed E-state index contributed by atoms with van der Waals surface area (Å²) in [6.07, 6.45) is 0. The van der Waals surface area contributed by atoms with Gasteiger partial charge < -0.3 is 14.8 Å². The normalized spacial score (nSPS) is 14.5. The van der Waals surface area contributed by atoms with Crippen LogP contribution in [-0.2, 0) is 21.3 Å². The second kappa shape index (κ2) is 11.4. The van der Waals surface area contributed by atoms with E-state index in [4.69, 9.17) is 9.47 Å². The molecular formula is C26H27FN4O4S2. The number of hydrogen-bond donors (Lipinski definition) is 2. The second-order valence-electron chi connectivity index (χ2n) is 8.56. The number of thiazole rings is 1. The van der Waals surface area contributed by atoms with Crippen molar-refractivity contribution >= 4 is 42.4 Å². The smallest absolute Gasteiger partial charge is 0.261 e. The number of benzene rings is 3. The lowest BCUT2D eigenvalue weighted by Gasteiger charge is -2.26. The fourth-order valence-corrected chi connectivity index (χ4v) is 5.83. The number of ether oxygens (including phenoxy) is 2. The van der Waals surface area contributed by atoms with Crippen LogP contribution in [-0.4, -0.2) is 57.8 Å². The lowest BCUT2D eigenvalue weighted by Crippen LogP contribution is -2.38. The Hall–Kier alpha value is -3.25. The third-order valence-electron chi connectivity index (χ3n) is 5.91. The molecule has 0 unspecified atom stereocenters. The molecule has 0 aliphatic carbocycles. The first-order valence-electron chi connectivity index (χ1n) is 11.9. The van der Waals surface area contributed by atoms with Gasteiger partial charge in [0.1, 0.15) is 18.2 Å². The lowest BCUT2D eigenvalue weighted by atomic mass is 10.2. The number of sulfonamides is 1. The quantitative estimate of drug-likeness (QED) is 0.304. The largest absolute Gasteiger partial charge is 0.492 e. The van der Waals surface area contributed by atoms with Crippen molar-refractivity contribution in [3.05, 3.63) is 78.1 Å². The van der Waals surface area contributed by atoms with Crippen molar-refractivity contribution in [3.63, 3.8) is 0 Å². The summed E-state index contributed by atoms with van der Waals surface area (Å²) in [6, 6.07) is 17.7. The zero-order valence-electron chi connectivity index (χ0n) is 20.0. The number of hydrogen-bond acceptors (Lipinski definition) is 8. The monoisotopic (exact) mass is 542 g/mol. The van der Waals surface area contributed by atoms with Gasteiger partial charge in [-0.05, 0) is 60.2 Å². The van der Waals surface area contributed by atoms with Crippen LogP contribution in [0.2, 0.25) is 0 Å². The number of nitrogens with zero attached hydrogens (tertiary/aromatic N) is 2. The van der Waals surface area contributed by atoms with E-state index in [0.29, 0.717) is 18.8 Å². The molecule has 1 saturated heterocycles. The summed E-state index contributed by atoms with van der Waals surface area (Å²) in [5.74, 6) is 0.340. The average molecular weight is 543 g/mol. The molecule has 3 aromatic carbocycles. The van der Waals surface area contributed by atoms with Gasteiger partial charge in [-0.25, -0.2) is 17.8 Å². The van der Waals surface area contributed by atoms with Gasteiger partial charge in [0, 0.05) is 31.9 Å². The Balaban J connectivity index is 1.14. The summed E-state index contributed by atoms with van der Waals surface area (Å²) in [6.45, 7) is 5.50. The Morgan fingerprint density at radius 2 is 1.78 bits per heavy atom. The van der Waals surface area contributed by atoms with Crippen LogP contribution in [0.1, 0.15) is 5.56 Å². The fourth-order valence-electron chi connectivity index (χ4n) is 3.88. The maximum absolute atomic E-state index is 13.1. The number of nitrogens with one attached hydrogen (secondary N) is 2. The number of fused-ring (bicyclic) bond motifs is 1. The van der Waals surface area contributed by atoms with Gasteiger partial charge in [0.25, 0.3) is 10.0 Å². The molecule has 8 nitrogen and oxygen atoms in total. The molecule has 0 spiro atoms. The van der Waals surface area contributed by atoms with Gasteiger partial charge in [-0.3, -0.25) is 9.62 Å². The zero-order valence-corrected chi connectivity index (χ0v) is 21.7. The second-order valence-corrected chi connectivity index (χ2v) is 11.3. The molecule has 5 rings (SSSR count).